The molecule has 0 saturated heterocycles. The highest BCUT2D eigenvalue weighted by molar-refractivity contribution is 9.10. The molecular weight excluding hydrogens is 310 g/mol. The number of ether oxygens (including phenoxy) is 1. The largest absolute Gasteiger partial charge is 0.496 e. The molecule has 0 aromatic heterocycles. The van der Waals surface area contributed by atoms with Gasteiger partial charge in [-0.25, -0.2) is 0 Å². The normalized spacial score (nSPS) is 12.5. The second-order valence-electron chi connectivity index (χ2n) is 4.49. The van der Waals surface area contributed by atoms with Gasteiger partial charge in [-0.2, -0.15) is 0 Å². The van der Waals surface area contributed by atoms with E-state index in [1.54, 1.807) is 7.11 Å². The first-order chi connectivity index (χ1) is 8.95. The molecule has 1 amide bonds. The van der Waals surface area contributed by atoms with Gasteiger partial charge >= 0.3 is 0 Å². The van der Waals surface area contributed by atoms with Crippen molar-refractivity contribution in [2.24, 2.45) is 5.73 Å². The third-order valence-electron chi connectivity index (χ3n) is 2.70. The molecule has 3 N–H and O–H groups in total. The van der Waals surface area contributed by atoms with Crippen molar-refractivity contribution < 1.29 is 9.53 Å². The molecular formula is C13H20BrN3O2. The van der Waals surface area contributed by atoms with Crippen molar-refractivity contribution in [1.82, 2.24) is 10.2 Å². The number of nitrogens with zero attached hydrogens (tertiary/aromatic N) is 1. The van der Waals surface area contributed by atoms with Crippen LogP contribution in [0.15, 0.2) is 22.7 Å². The highest BCUT2D eigenvalue weighted by atomic mass is 79.9. The monoisotopic (exact) mass is 329 g/mol. The van der Waals surface area contributed by atoms with Gasteiger partial charge in [0.15, 0.2) is 0 Å². The molecule has 106 valence electrons. The summed E-state index contributed by atoms with van der Waals surface area (Å²) in [5.74, 6) is 0.330. The Kier molecular flexibility index (Phi) is 6.27. The van der Waals surface area contributed by atoms with E-state index in [9.17, 15) is 4.79 Å². The first kappa shape index (κ1) is 15.9. The highest BCUT2D eigenvalue weighted by Crippen LogP contribution is 2.27. The third kappa shape index (κ3) is 4.81. The molecule has 0 aliphatic rings. The summed E-state index contributed by atoms with van der Waals surface area (Å²) in [5, 5.41) is 3.15. The van der Waals surface area contributed by atoms with Crippen LogP contribution < -0.4 is 15.8 Å². The van der Waals surface area contributed by atoms with E-state index >= 15 is 0 Å². The van der Waals surface area contributed by atoms with Crippen LogP contribution in [0.5, 0.6) is 5.75 Å². The quantitative estimate of drug-likeness (QED) is 0.787. The molecule has 5 nitrogen and oxygen atoms in total. The summed E-state index contributed by atoms with van der Waals surface area (Å²) in [6.07, 6.45) is 0. The third-order valence-corrected chi connectivity index (χ3v) is 3.32. The first-order valence-electron chi connectivity index (χ1n) is 5.96. The molecule has 0 saturated carbocycles. The highest BCUT2D eigenvalue weighted by Gasteiger charge is 2.18. The Morgan fingerprint density at radius 2 is 2.21 bits per heavy atom. The lowest BCUT2D eigenvalue weighted by Gasteiger charge is -2.18. The second kappa shape index (κ2) is 7.47. The summed E-state index contributed by atoms with van der Waals surface area (Å²) in [7, 11) is 5.55. The number of rotatable bonds is 7. The maximum Gasteiger partial charge on any atom is 0.239 e. The van der Waals surface area contributed by atoms with E-state index in [1.807, 2.05) is 37.2 Å². The Morgan fingerprint density at radius 1 is 1.53 bits per heavy atom. The van der Waals surface area contributed by atoms with Crippen LogP contribution in [0.3, 0.4) is 0 Å². The molecule has 0 heterocycles. The number of primary amides is 1. The summed E-state index contributed by atoms with van der Waals surface area (Å²) in [5.41, 5.74) is 6.26. The lowest BCUT2D eigenvalue weighted by Crippen LogP contribution is -2.37. The van der Waals surface area contributed by atoms with Crippen molar-refractivity contribution in [1.29, 1.82) is 0 Å². The number of amides is 1. The van der Waals surface area contributed by atoms with E-state index in [4.69, 9.17) is 10.5 Å². The Morgan fingerprint density at radius 3 is 2.68 bits per heavy atom. The fraction of sp³-hybridized carbons (Fsp3) is 0.462. The van der Waals surface area contributed by atoms with E-state index in [-0.39, 0.29) is 0 Å². The number of carbonyl (C=O) groups is 1. The van der Waals surface area contributed by atoms with Crippen molar-refractivity contribution in [2.75, 3.05) is 34.3 Å². The molecule has 1 unspecified atom stereocenters. The number of halogens is 1. The van der Waals surface area contributed by atoms with Gasteiger partial charge in [0, 0.05) is 13.1 Å². The summed E-state index contributed by atoms with van der Waals surface area (Å²) >= 11 is 3.40. The Hall–Kier alpha value is -1.11. The topological polar surface area (TPSA) is 67.6 Å². The lowest BCUT2D eigenvalue weighted by molar-refractivity contribution is -0.120. The number of hydrogen-bond acceptors (Lipinski definition) is 4. The Labute approximate surface area is 122 Å². The Balaban J connectivity index is 2.81. The average molecular weight is 330 g/mol. The van der Waals surface area contributed by atoms with Gasteiger partial charge in [0.25, 0.3) is 0 Å². The van der Waals surface area contributed by atoms with Gasteiger partial charge in [-0.1, -0.05) is 6.07 Å². The molecule has 1 atom stereocenters. The number of nitrogens with one attached hydrogen (secondary N) is 1. The van der Waals surface area contributed by atoms with E-state index in [0.717, 1.165) is 22.3 Å². The number of carbonyl (C=O) groups excluding carboxylic acids is 1. The van der Waals surface area contributed by atoms with Gasteiger partial charge < -0.3 is 20.7 Å². The SMILES string of the molecule is COc1ccc(C(NCCN(C)C)C(N)=O)cc1Br. The van der Waals surface area contributed by atoms with Crippen LogP contribution in [0.1, 0.15) is 11.6 Å². The van der Waals surface area contributed by atoms with Gasteiger partial charge in [-0.15, -0.1) is 0 Å². The molecule has 0 bridgehead atoms. The minimum absolute atomic E-state index is 0.393. The molecule has 1 aromatic carbocycles. The minimum Gasteiger partial charge on any atom is -0.496 e. The van der Waals surface area contributed by atoms with Crippen molar-refractivity contribution in [3.8, 4) is 5.75 Å². The molecule has 0 aliphatic heterocycles. The average Bonchev–Trinajstić information content (AvgIpc) is 2.33. The number of benzene rings is 1. The van der Waals surface area contributed by atoms with Crippen LogP contribution in [-0.4, -0.2) is 45.1 Å². The van der Waals surface area contributed by atoms with Crippen LogP contribution in [0, 0.1) is 0 Å². The van der Waals surface area contributed by atoms with Gasteiger partial charge in [0.1, 0.15) is 11.8 Å². The number of nitrogens with two attached hydrogens (primary N) is 1. The van der Waals surface area contributed by atoms with Gasteiger partial charge in [0.2, 0.25) is 5.91 Å². The lowest BCUT2D eigenvalue weighted by atomic mass is 10.1. The molecule has 0 fully saturated rings. The second-order valence-corrected chi connectivity index (χ2v) is 5.34. The molecule has 0 spiro atoms. The van der Waals surface area contributed by atoms with Crippen LogP contribution in [0.2, 0.25) is 0 Å². The van der Waals surface area contributed by atoms with Crippen molar-refractivity contribution >= 4 is 21.8 Å². The number of hydrogen-bond donors (Lipinski definition) is 2. The summed E-state index contributed by atoms with van der Waals surface area (Å²) < 4.78 is 5.96. The van der Waals surface area contributed by atoms with Gasteiger partial charge in [0.05, 0.1) is 11.6 Å². The maximum absolute atomic E-state index is 11.5. The fourth-order valence-corrected chi connectivity index (χ4v) is 2.24. The van der Waals surface area contributed by atoms with E-state index < -0.39 is 11.9 Å². The molecule has 1 aromatic rings. The zero-order chi connectivity index (χ0) is 14.4. The molecule has 0 radical (unpaired) electrons. The number of likely N-dealkylation sites (N-methyl/N-ethyl adjacent to an activating group) is 1. The van der Waals surface area contributed by atoms with Crippen LogP contribution >= 0.6 is 15.9 Å². The van der Waals surface area contributed by atoms with Crippen molar-refractivity contribution in [3.05, 3.63) is 28.2 Å². The molecule has 6 heteroatoms. The molecule has 0 aliphatic carbocycles. The van der Waals surface area contributed by atoms with E-state index in [1.165, 1.54) is 0 Å². The van der Waals surface area contributed by atoms with Gasteiger partial charge in [-0.3, -0.25) is 4.79 Å². The predicted molar refractivity (Wildman–Crippen MR) is 79.2 cm³/mol. The maximum atomic E-state index is 11.5. The predicted octanol–water partition coefficient (Wildman–Crippen LogP) is 1.14. The standard InChI is InChI=1S/C13H20BrN3O2/c1-17(2)7-6-16-12(13(15)18)9-4-5-11(19-3)10(14)8-9/h4-5,8,12,16H,6-7H2,1-3H3,(H2,15,18). The van der Waals surface area contributed by atoms with E-state index in [0.29, 0.717) is 6.54 Å². The van der Waals surface area contributed by atoms with Crippen LogP contribution in [-0.2, 0) is 4.79 Å². The zero-order valence-electron chi connectivity index (χ0n) is 11.4. The molecule has 19 heavy (non-hydrogen) atoms. The molecule has 1 rings (SSSR count). The summed E-state index contributed by atoms with van der Waals surface area (Å²) in [6.45, 7) is 1.52. The van der Waals surface area contributed by atoms with E-state index in [2.05, 4.69) is 21.2 Å². The first-order valence-corrected chi connectivity index (χ1v) is 6.76. The van der Waals surface area contributed by atoms with Crippen LogP contribution in [0.25, 0.3) is 0 Å². The summed E-state index contributed by atoms with van der Waals surface area (Å²) in [6, 6.07) is 4.99. The summed E-state index contributed by atoms with van der Waals surface area (Å²) in [4.78, 5) is 13.6. The number of methoxy groups -OCH3 is 1. The van der Waals surface area contributed by atoms with Crippen molar-refractivity contribution in [2.45, 2.75) is 6.04 Å². The van der Waals surface area contributed by atoms with Gasteiger partial charge in [-0.05, 0) is 47.7 Å². The minimum atomic E-state index is -0.498. The smallest absolute Gasteiger partial charge is 0.239 e. The Bertz CT molecular complexity index is 438. The van der Waals surface area contributed by atoms with Crippen LogP contribution in [0.4, 0.5) is 0 Å². The van der Waals surface area contributed by atoms with Crippen molar-refractivity contribution in [3.63, 3.8) is 0 Å². The fourth-order valence-electron chi connectivity index (χ4n) is 1.68. The zero-order valence-corrected chi connectivity index (χ0v) is 13.0.